The van der Waals surface area contributed by atoms with E-state index in [1.54, 1.807) is 0 Å². The Kier molecular flexibility index (Phi) is 4.92. The summed E-state index contributed by atoms with van der Waals surface area (Å²) in [6.07, 6.45) is 10.7. The average molecular weight is 415 g/mol. The molecule has 0 aliphatic heterocycles. The Hall–Kier alpha value is -0.830. The molecule has 2 nitrogen and oxygen atoms in total. The third kappa shape index (κ3) is 3.05. The largest absolute Gasteiger partial charge is 0.393 e. The Morgan fingerprint density at radius 3 is 2.52 bits per heavy atom. The van der Waals surface area contributed by atoms with Gasteiger partial charge in [0.05, 0.1) is 12.2 Å². The van der Waals surface area contributed by atoms with Crippen molar-refractivity contribution in [1.29, 1.82) is 0 Å². The summed E-state index contributed by atoms with van der Waals surface area (Å²) in [5.74, 6) is 2.70. The Morgan fingerprint density at radius 2 is 1.72 bits per heavy atom. The van der Waals surface area contributed by atoms with Crippen LogP contribution in [0.2, 0.25) is 5.02 Å². The van der Waals surface area contributed by atoms with E-state index in [1.807, 2.05) is 18.2 Å². The van der Waals surface area contributed by atoms with E-state index < -0.39 is 0 Å². The van der Waals surface area contributed by atoms with Crippen molar-refractivity contribution in [2.45, 2.75) is 77.4 Å². The number of hydrogen-bond donors (Lipinski definition) is 2. The van der Waals surface area contributed by atoms with Gasteiger partial charge in [0.1, 0.15) is 0 Å². The van der Waals surface area contributed by atoms with Crippen molar-refractivity contribution in [3.63, 3.8) is 0 Å². The average Bonchev–Trinajstić information content (AvgIpc) is 2.95. The lowest BCUT2D eigenvalue weighted by molar-refractivity contribution is -0.133. The standard InChI is InChI=1S/C26H35ClO2/c1-25-11-9-19(28)15-18(25)7-8-20-21(25)10-12-26(2)22(20)14-17(24(26)29)13-16-5-3-4-6-23(16)27/h3-6,13,18-22,24,28-29H,7-12,14-15H2,1-2H3/b17-13-/t18-,19-,20-,21+,22+,24-,25-,26-/m0/s1. The molecule has 4 saturated carbocycles. The van der Waals surface area contributed by atoms with E-state index in [0.717, 1.165) is 42.2 Å². The summed E-state index contributed by atoms with van der Waals surface area (Å²) in [6, 6.07) is 7.96. The molecule has 0 spiro atoms. The molecule has 2 N–H and O–H groups in total. The zero-order chi connectivity index (χ0) is 20.4. The minimum Gasteiger partial charge on any atom is -0.393 e. The molecule has 4 fully saturated rings. The lowest BCUT2D eigenvalue weighted by atomic mass is 9.45. The molecule has 158 valence electrons. The van der Waals surface area contributed by atoms with Crippen LogP contribution in [0, 0.1) is 34.5 Å². The maximum Gasteiger partial charge on any atom is 0.0809 e. The highest BCUT2D eigenvalue weighted by atomic mass is 35.5. The van der Waals surface area contributed by atoms with Gasteiger partial charge >= 0.3 is 0 Å². The van der Waals surface area contributed by atoms with E-state index in [0.29, 0.717) is 23.2 Å². The van der Waals surface area contributed by atoms with Gasteiger partial charge in [-0.15, -0.1) is 0 Å². The summed E-state index contributed by atoms with van der Waals surface area (Å²) >= 11 is 6.41. The summed E-state index contributed by atoms with van der Waals surface area (Å²) in [4.78, 5) is 0. The summed E-state index contributed by atoms with van der Waals surface area (Å²) in [5.41, 5.74) is 2.58. The smallest absolute Gasteiger partial charge is 0.0809 e. The van der Waals surface area contributed by atoms with Gasteiger partial charge in [0.25, 0.3) is 0 Å². The van der Waals surface area contributed by atoms with Gasteiger partial charge in [0, 0.05) is 10.4 Å². The van der Waals surface area contributed by atoms with Gasteiger partial charge in [-0.3, -0.25) is 0 Å². The molecular formula is C26H35ClO2. The highest BCUT2D eigenvalue weighted by Gasteiger charge is 2.61. The van der Waals surface area contributed by atoms with Gasteiger partial charge in [-0.1, -0.05) is 49.7 Å². The Labute approximate surface area is 180 Å². The zero-order valence-corrected chi connectivity index (χ0v) is 18.5. The summed E-state index contributed by atoms with van der Waals surface area (Å²) < 4.78 is 0. The molecule has 0 bridgehead atoms. The Morgan fingerprint density at radius 1 is 0.966 bits per heavy atom. The molecule has 0 radical (unpaired) electrons. The van der Waals surface area contributed by atoms with Crippen LogP contribution in [0.3, 0.4) is 0 Å². The fraction of sp³-hybridized carbons (Fsp3) is 0.692. The second-order valence-electron chi connectivity index (χ2n) is 11.0. The van der Waals surface area contributed by atoms with Gasteiger partial charge in [0.2, 0.25) is 0 Å². The van der Waals surface area contributed by atoms with Crippen molar-refractivity contribution in [2.75, 3.05) is 0 Å². The predicted molar refractivity (Wildman–Crippen MR) is 119 cm³/mol. The summed E-state index contributed by atoms with van der Waals surface area (Å²) in [6.45, 7) is 4.86. The summed E-state index contributed by atoms with van der Waals surface area (Å²) in [5, 5.41) is 22.4. The third-order valence-corrected chi connectivity index (χ3v) is 10.1. The van der Waals surface area contributed by atoms with Crippen molar-refractivity contribution < 1.29 is 10.2 Å². The first kappa shape index (κ1) is 20.1. The van der Waals surface area contributed by atoms with Crippen molar-refractivity contribution >= 4 is 17.7 Å². The van der Waals surface area contributed by atoms with E-state index in [4.69, 9.17) is 11.6 Å². The molecule has 1 aromatic rings. The van der Waals surface area contributed by atoms with Crippen LogP contribution in [-0.2, 0) is 0 Å². The maximum absolute atomic E-state index is 11.4. The first-order valence-corrected chi connectivity index (χ1v) is 12.0. The fourth-order valence-electron chi connectivity index (χ4n) is 8.03. The van der Waals surface area contributed by atoms with E-state index in [9.17, 15) is 10.2 Å². The van der Waals surface area contributed by atoms with Crippen LogP contribution in [0.5, 0.6) is 0 Å². The van der Waals surface area contributed by atoms with E-state index in [1.165, 1.54) is 31.3 Å². The van der Waals surface area contributed by atoms with Crippen LogP contribution in [0.15, 0.2) is 29.8 Å². The van der Waals surface area contributed by atoms with Gasteiger partial charge in [-0.2, -0.15) is 0 Å². The minimum absolute atomic E-state index is 0.00830. The van der Waals surface area contributed by atoms with E-state index in [-0.39, 0.29) is 17.6 Å². The quantitative estimate of drug-likeness (QED) is 0.583. The molecule has 29 heavy (non-hydrogen) atoms. The van der Waals surface area contributed by atoms with Crippen molar-refractivity contribution in [3.8, 4) is 0 Å². The van der Waals surface area contributed by atoms with Crippen LogP contribution < -0.4 is 0 Å². The molecule has 0 saturated heterocycles. The van der Waals surface area contributed by atoms with Crippen molar-refractivity contribution in [1.82, 2.24) is 0 Å². The molecule has 4 aliphatic rings. The highest BCUT2D eigenvalue weighted by Crippen LogP contribution is 2.67. The number of aliphatic hydroxyl groups is 2. The number of fused-ring (bicyclic) bond motifs is 5. The van der Waals surface area contributed by atoms with Gasteiger partial charge in [-0.25, -0.2) is 0 Å². The first-order valence-electron chi connectivity index (χ1n) is 11.6. The van der Waals surface area contributed by atoms with Crippen LogP contribution in [0.1, 0.15) is 70.8 Å². The van der Waals surface area contributed by atoms with Gasteiger partial charge in [0.15, 0.2) is 0 Å². The second-order valence-corrected chi connectivity index (χ2v) is 11.4. The molecule has 1 aromatic carbocycles. The molecule has 3 heteroatoms. The van der Waals surface area contributed by atoms with Gasteiger partial charge in [-0.05, 0) is 97.7 Å². The van der Waals surface area contributed by atoms with Crippen molar-refractivity contribution in [3.05, 3.63) is 40.4 Å². The van der Waals surface area contributed by atoms with E-state index in [2.05, 4.69) is 26.0 Å². The van der Waals surface area contributed by atoms with Crippen LogP contribution in [0.25, 0.3) is 6.08 Å². The molecule has 5 rings (SSSR count). The van der Waals surface area contributed by atoms with Crippen molar-refractivity contribution in [2.24, 2.45) is 34.5 Å². The van der Waals surface area contributed by atoms with Crippen LogP contribution >= 0.6 is 11.6 Å². The molecule has 0 amide bonds. The van der Waals surface area contributed by atoms with Gasteiger partial charge < -0.3 is 10.2 Å². The number of halogens is 1. The zero-order valence-electron chi connectivity index (χ0n) is 17.8. The molecule has 8 atom stereocenters. The third-order valence-electron chi connectivity index (χ3n) is 9.75. The second kappa shape index (κ2) is 7.11. The number of benzene rings is 1. The number of rotatable bonds is 1. The topological polar surface area (TPSA) is 40.5 Å². The highest BCUT2D eigenvalue weighted by molar-refractivity contribution is 6.32. The Bertz CT molecular complexity index is 819. The summed E-state index contributed by atoms with van der Waals surface area (Å²) in [7, 11) is 0. The minimum atomic E-state index is -0.358. The lowest BCUT2D eigenvalue weighted by Gasteiger charge is -2.60. The lowest BCUT2D eigenvalue weighted by Crippen LogP contribution is -2.54. The molecule has 4 aliphatic carbocycles. The molecular weight excluding hydrogens is 380 g/mol. The molecule has 0 heterocycles. The van der Waals surface area contributed by atoms with Crippen LogP contribution in [0.4, 0.5) is 0 Å². The fourth-order valence-corrected chi connectivity index (χ4v) is 8.22. The van der Waals surface area contributed by atoms with Crippen LogP contribution in [-0.4, -0.2) is 22.4 Å². The normalized spacial score (nSPS) is 48.1. The monoisotopic (exact) mass is 414 g/mol. The SMILES string of the molecule is C[C@]12CC[C@H](O)C[C@@H]1CC[C@H]1[C@H]2CC[C@@]2(C)[C@@H]1C/C(=C/c1ccccc1Cl)[C@@H]2O. The first-order chi connectivity index (χ1) is 13.8. The molecule has 0 unspecified atom stereocenters. The number of aliphatic hydroxyl groups excluding tert-OH is 2. The van der Waals surface area contributed by atoms with E-state index >= 15 is 0 Å². The number of hydrogen-bond acceptors (Lipinski definition) is 2. The molecule has 0 aromatic heterocycles. The predicted octanol–water partition coefficient (Wildman–Crippen LogP) is 6.10. The maximum atomic E-state index is 11.4. The Balaban J connectivity index is 1.45.